The molecule has 1 atom stereocenters. The molecule has 0 heterocycles. The summed E-state index contributed by atoms with van der Waals surface area (Å²) in [6.45, 7) is 5.40. The molecule has 3 nitrogen and oxygen atoms in total. The minimum Gasteiger partial charge on any atom is -0.394 e. The second kappa shape index (κ2) is 3.83. The molecule has 0 spiro atoms. The van der Waals surface area contributed by atoms with Crippen LogP contribution < -0.4 is 5.32 Å². The van der Waals surface area contributed by atoms with Crippen LogP contribution in [0.3, 0.4) is 0 Å². The quantitative estimate of drug-likeness (QED) is 0.617. The maximum Gasteiger partial charge on any atom is 0.157 e. The lowest BCUT2D eigenvalue weighted by atomic mass is 9.87. The van der Waals surface area contributed by atoms with Crippen LogP contribution in [0.2, 0.25) is 0 Å². The van der Waals surface area contributed by atoms with E-state index in [9.17, 15) is 4.79 Å². The molecule has 0 fully saturated rings. The number of carbonyl (C=O) groups is 1. The number of hydrogen-bond acceptors (Lipinski definition) is 3. The Balaban J connectivity index is 4.22. The van der Waals surface area contributed by atoms with Gasteiger partial charge in [0.05, 0.1) is 12.6 Å². The molecule has 0 aromatic carbocycles. The summed E-state index contributed by atoms with van der Waals surface area (Å²) in [5.41, 5.74) is -0.379. The number of ketones is 1. The van der Waals surface area contributed by atoms with Gasteiger partial charge in [0.25, 0.3) is 0 Å². The van der Waals surface area contributed by atoms with Crippen molar-refractivity contribution in [3.63, 3.8) is 0 Å². The van der Waals surface area contributed by atoms with E-state index in [0.717, 1.165) is 0 Å². The Bertz CT molecular complexity index is 134. The van der Waals surface area contributed by atoms with Crippen molar-refractivity contribution >= 4 is 5.78 Å². The molecule has 0 aromatic rings. The highest BCUT2D eigenvalue weighted by Crippen LogP contribution is 2.16. The van der Waals surface area contributed by atoms with Gasteiger partial charge in [-0.15, -0.1) is 0 Å². The summed E-state index contributed by atoms with van der Waals surface area (Å²) in [5.74, 6) is 0.0440. The molecule has 0 aliphatic heterocycles. The van der Waals surface area contributed by atoms with Crippen molar-refractivity contribution in [2.75, 3.05) is 13.7 Å². The van der Waals surface area contributed by atoms with E-state index in [4.69, 9.17) is 5.11 Å². The summed E-state index contributed by atoms with van der Waals surface area (Å²) < 4.78 is 0. The number of Topliss-reactive ketones (excluding diaryl/α,β-unsaturated/α-hetero) is 1. The SMILES string of the molecule is CN[C@@H](CO)C(=O)C(C)(C)C. The van der Waals surface area contributed by atoms with E-state index in [1.807, 2.05) is 20.8 Å². The molecule has 0 saturated heterocycles. The molecule has 0 amide bonds. The molecule has 66 valence electrons. The lowest BCUT2D eigenvalue weighted by molar-refractivity contribution is -0.129. The Hall–Kier alpha value is -0.410. The average molecular weight is 159 g/mol. The second-order valence-electron chi connectivity index (χ2n) is 3.64. The molecule has 0 aliphatic rings. The maximum absolute atomic E-state index is 11.4. The van der Waals surface area contributed by atoms with Crippen molar-refractivity contribution in [3.05, 3.63) is 0 Å². The van der Waals surface area contributed by atoms with Gasteiger partial charge in [-0.2, -0.15) is 0 Å². The van der Waals surface area contributed by atoms with E-state index in [1.165, 1.54) is 0 Å². The molecule has 11 heavy (non-hydrogen) atoms. The zero-order valence-electron chi connectivity index (χ0n) is 7.64. The Kier molecular flexibility index (Phi) is 3.69. The molecule has 0 aliphatic carbocycles. The Labute approximate surface area is 67.8 Å². The summed E-state index contributed by atoms with van der Waals surface area (Å²) in [6, 6.07) is -0.421. The van der Waals surface area contributed by atoms with Gasteiger partial charge in [-0.25, -0.2) is 0 Å². The molecule has 2 N–H and O–H groups in total. The van der Waals surface area contributed by atoms with Crippen LogP contribution in [0.1, 0.15) is 20.8 Å². The Morgan fingerprint density at radius 1 is 1.55 bits per heavy atom. The van der Waals surface area contributed by atoms with Crippen molar-refractivity contribution in [2.24, 2.45) is 5.41 Å². The van der Waals surface area contributed by atoms with Crippen LogP contribution >= 0.6 is 0 Å². The van der Waals surface area contributed by atoms with Crippen molar-refractivity contribution < 1.29 is 9.90 Å². The van der Waals surface area contributed by atoms with Crippen molar-refractivity contribution in [1.82, 2.24) is 5.32 Å². The number of likely N-dealkylation sites (N-methyl/N-ethyl adjacent to an activating group) is 1. The summed E-state index contributed by atoms with van der Waals surface area (Å²) in [7, 11) is 1.67. The second-order valence-corrected chi connectivity index (χ2v) is 3.64. The number of carbonyl (C=O) groups excluding carboxylic acids is 1. The van der Waals surface area contributed by atoms with Gasteiger partial charge >= 0.3 is 0 Å². The fourth-order valence-corrected chi connectivity index (χ4v) is 0.828. The van der Waals surface area contributed by atoms with Gasteiger partial charge < -0.3 is 10.4 Å². The molecular weight excluding hydrogens is 142 g/mol. The number of aliphatic hydroxyl groups is 1. The van der Waals surface area contributed by atoms with Gasteiger partial charge in [0.15, 0.2) is 5.78 Å². The summed E-state index contributed by atoms with van der Waals surface area (Å²) >= 11 is 0. The smallest absolute Gasteiger partial charge is 0.157 e. The minimum atomic E-state index is -0.421. The largest absolute Gasteiger partial charge is 0.394 e. The average Bonchev–Trinajstić information content (AvgIpc) is 1.88. The zero-order valence-corrected chi connectivity index (χ0v) is 7.64. The molecule has 3 heteroatoms. The van der Waals surface area contributed by atoms with Gasteiger partial charge in [0, 0.05) is 5.41 Å². The highest BCUT2D eigenvalue weighted by molar-refractivity contribution is 5.88. The number of nitrogens with one attached hydrogen (secondary N) is 1. The molecular formula is C8H17NO2. The third-order valence-corrected chi connectivity index (χ3v) is 1.59. The van der Waals surface area contributed by atoms with E-state index in [1.54, 1.807) is 7.05 Å². The van der Waals surface area contributed by atoms with Crippen LogP contribution in [0.25, 0.3) is 0 Å². The lowest BCUT2D eigenvalue weighted by Gasteiger charge is -2.22. The summed E-state index contributed by atoms with van der Waals surface area (Å²) in [4.78, 5) is 11.4. The Morgan fingerprint density at radius 3 is 2.09 bits per heavy atom. The third-order valence-electron chi connectivity index (χ3n) is 1.59. The van der Waals surface area contributed by atoms with Crippen LogP contribution in [0.4, 0.5) is 0 Å². The third kappa shape index (κ3) is 2.99. The van der Waals surface area contributed by atoms with Crippen molar-refractivity contribution in [3.8, 4) is 0 Å². The molecule has 0 unspecified atom stereocenters. The summed E-state index contributed by atoms with van der Waals surface area (Å²) in [5, 5.41) is 11.5. The predicted octanol–water partition coefficient (Wildman–Crippen LogP) is 0.182. The van der Waals surface area contributed by atoms with Gasteiger partial charge in [-0.05, 0) is 7.05 Å². The first-order valence-corrected chi connectivity index (χ1v) is 3.76. The molecule has 0 saturated carbocycles. The van der Waals surface area contributed by atoms with E-state index in [2.05, 4.69) is 5.32 Å². The first-order chi connectivity index (χ1) is 4.93. The fraction of sp³-hybridized carbons (Fsp3) is 0.875. The van der Waals surface area contributed by atoms with Crippen LogP contribution in [0, 0.1) is 5.41 Å². The minimum absolute atomic E-state index is 0.0440. The molecule has 0 rings (SSSR count). The monoisotopic (exact) mass is 159 g/mol. The summed E-state index contributed by atoms with van der Waals surface area (Å²) in [6.07, 6.45) is 0. The van der Waals surface area contributed by atoms with Gasteiger partial charge in [0.2, 0.25) is 0 Å². The van der Waals surface area contributed by atoms with Gasteiger partial charge in [-0.1, -0.05) is 20.8 Å². The van der Waals surface area contributed by atoms with E-state index >= 15 is 0 Å². The van der Waals surface area contributed by atoms with Gasteiger partial charge in [-0.3, -0.25) is 4.79 Å². The maximum atomic E-state index is 11.4. The fourth-order valence-electron chi connectivity index (χ4n) is 0.828. The predicted molar refractivity (Wildman–Crippen MR) is 44.4 cm³/mol. The topological polar surface area (TPSA) is 49.3 Å². The van der Waals surface area contributed by atoms with E-state index < -0.39 is 6.04 Å². The van der Waals surface area contributed by atoms with Crippen LogP contribution in [0.5, 0.6) is 0 Å². The number of hydrogen-bond donors (Lipinski definition) is 2. The molecule has 0 aromatic heterocycles. The highest BCUT2D eigenvalue weighted by atomic mass is 16.3. The number of rotatable bonds is 3. The first kappa shape index (κ1) is 10.6. The van der Waals surface area contributed by atoms with Crippen LogP contribution in [-0.2, 0) is 4.79 Å². The van der Waals surface area contributed by atoms with Gasteiger partial charge in [0.1, 0.15) is 0 Å². The van der Waals surface area contributed by atoms with Crippen LogP contribution in [0.15, 0.2) is 0 Å². The normalized spacial score (nSPS) is 14.6. The Morgan fingerprint density at radius 2 is 2.00 bits per heavy atom. The molecule has 0 bridgehead atoms. The van der Waals surface area contributed by atoms with E-state index in [0.29, 0.717) is 0 Å². The van der Waals surface area contributed by atoms with Crippen LogP contribution in [-0.4, -0.2) is 30.6 Å². The molecule has 0 radical (unpaired) electrons. The number of aliphatic hydroxyl groups excluding tert-OH is 1. The lowest BCUT2D eigenvalue weighted by Crippen LogP contribution is -2.43. The van der Waals surface area contributed by atoms with E-state index in [-0.39, 0.29) is 17.8 Å². The first-order valence-electron chi connectivity index (χ1n) is 3.76. The zero-order chi connectivity index (χ0) is 9.07. The van der Waals surface area contributed by atoms with Crippen molar-refractivity contribution in [1.29, 1.82) is 0 Å². The highest BCUT2D eigenvalue weighted by Gasteiger charge is 2.27. The van der Waals surface area contributed by atoms with Crippen molar-refractivity contribution in [2.45, 2.75) is 26.8 Å². The standard InChI is InChI=1S/C8H17NO2/c1-8(2,3)7(11)6(5-10)9-4/h6,9-10H,5H2,1-4H3/t6-/m0/s1.